The van der Waals surface area contributed by atoms with E-state index in [0.29, 0.717) is 5.92 Å². The number of unbranched alkanes of at least 4 members (excludes halogenated alkanes) is 2. The Balaban J connectivity index is 2.32. The van der Waals surface area contributed by atoms with Crippen LogP contribution in [0, 0.1) is 12.3 Å². The molecule has 0 heterocycles. The van der Waals surface area contributed by atoms with Crippen LogP contribution in [-0.2, 0) is 0 Å². The van der Waals surface area contributed by atoms with Crippen molar-refractivity contribution in [3.63, 3.8) is 0 Å². The van der Waals surface area contributed by atoms with Crippen LogP contribution < -0.4 is 0 Å². The van der Waals surface area contributed by atoms with E-state index in [1.807, 2.05) is 0 Å². The highest BCUT2D eigenvalue weighted by molar-refractivity contribution is 5.32. The largest absolute Gasteiger partial charge is 0.0778 e. The molecule has 0 heteroatoms. The summed E-state index contributed by atoms with van der Waals surface area (Å²) in [4.78, 5) is 0. The van der Waals surface area contributed by atoms with Crippen LogP contribution >= 0.6 is 0 Å². The van der Waals surface area contributed by atoms with Crippen molar-refractivity contribution in [2.75, 3.05) is 0 Å². The highest BCUT2D eigenvalue weighted by Crippen LogP contribution is 2.24. The average Bonchev–Trinajstić information content (AvgIpc) is 2.12. The zero-order chi connectivity index (χ0) is 9.68. The molecule has 0 N–H and O–H groups in total. The van der Waals surface area contributed by atoms with E-state index in [-0.39, 0.29) is 0 Å². The van der Waals surface area contributed by atoms with Gasteiger partial charge in [-0.1, -0.05) is 50.0 Å². The summed E-state index contributed by atoms with van der Waals surface area (Å²) in [6.07, 6.45) is 12.3. The van der Waals surface area contributed by atoms with Gasteiger partial charge in [0.15, 0.2) is 0 Å². The molecule has 0 saturated heterocycles. The first kappa shape index (κ1) is 10.6. The Kier molecular flexibility index (Phi) is 4.27. The van der Waals surface area contributed by atoms with Gasteiger partial charge in [0.25, 0.3) is 0 Å². The van der Waals surface area contributed by atoms with Gasteiger partial charge < -0.3 is 0 Å². The molecule has 1 unspecified atom stereocenters. The van der Waals surface area contributed by atoms with Gasteiger partial charge in [-0.25, -0.2) is 0 Å². The van der Waals surface area contributed by atoms with Crippen LogP contribution in [0.25, 0.3) is 0 Å². The first-order chi connectivity index (χ1) is 6.24. The second-order valence-electron chi connectivity index (χ2n) is 4.06. The molecule has 0 aromatic carbocycles. The molecule has 0 nitrogen and oxygen atoms in total. The summed E-state index contributed by atoms with van der Waals surface area (Å²) in [6.45, 7) is 6.74. The number of hydrogen-bond acceptors (Lipinski definition) is 0. The van der Waals surface area contributed by atoms with Gasteiger partial charge in [0.1, 0.15) is 0 Å². The average molecular weight is 177 g/mol. The van der Waals surface area contributed by atoms with Gasteiger partial charge in [-0.05, 0) is 25.7 Å². The standard InChI is InChI=1S/C13H21/c1-4-5-6-7-13-9-8-11(2)12(3)10-13/h8-10,12H,4-7H2,1-3H3. The Hall–Kier alpha value is -0.520. The molecular weight excluding hydrogens is 156 g/mol. The maximum Gasteiger partial charge on any atom is 0.00801 e. The maximum absolute atomic E-state index is 2.41. The zero-order valence-corrected chi connectivity index (χ0v) is 9.14. The van der Waals surface area contributed by atoms with Crippen LogP contribution in [-0.4, -0.2) is 0 Å². The Morgan fingerprint density at radius 2 is 2.08 bits per heavy atom. The third kappa shape index (κ3) is 3.38. The monoisotopic (exact) mass is 177 g/mol. The van der Waals surface area contributed by atoms with Crippen molar-refractivity contribution in [2.45, 2.75) is 46.5 Å². The molecule has 1 aliphatic carbocycles. The van der Waals surface area contributed by atoms with Crippen molar-refractivity contribution in [1.29, 1.82) is 0 Å². The van der Waals surface area contributed by atoms with Gasteiger partial charge in [0, 0.05) is 6.42 Å². The van der Waals surface area contributed by atoms with Gasteiger partial charge >= 0.3 is 0 Å². The minimum Gasteiger partial charge on any atom is -0.0778 e. The molecule has 1 radical (unpaired) electrons. The third-order valence-electron chi connectivity index (χ3n) is 2.81. The molecule has 0 saturated carbocycles. The summed E-state index contributed by atoms with van der Waals surface area (Å²) < 4.78 is 0. The molecule has 13 heavy (non-hydrogen) atoms. The Morgan fingerprint density at radius 3 is 2.69 bits per heavy atom. The predicted octanol–water partition coefficient (Wildman–Crippen LogP) is 4.29. The van der Waals surface area contributed by atoms with Crippen molar-refractivity contribution in [3.8, 4) is 0 Å². The summed E-state index contributed by atoms with van der Waals surface area (Å²) in [5.74, 6) is 0.654. The SMILES string of the molecule is CCCCCC1=CC(C)C(C)=C[CH]1. The lowest BCUT2D eigenvalue weighted by Gasteiger charge is -2.16. The predicted molar refractivity (Wildman–Crippen MR) is 59.4 cm³/mol. The summed E-state index contributed by atoms with van der Waals surface area (Å²) in [5.41, 5.74) is 3.02. The van der Waals surface area contributed by atoms with Crippen molar-refractivity contribution in [2.24, 2.45) is 5.92 Å². The lowest BCUT2D eigenvalue weighted by Crippen LogP contribution is -2.00. The van der Waals surface area contributed by atoms with Crippen molar-refractivity contribution < 1.29 is 0 Å². The molecule has 1 rings (SSSR count). The van der Waals surface area contributed by atoms with Crippen LogP contribution in [0.4, 0.5) is 0 Å². The number of hydrogen-bond donors (Lipinski definition) is 0. The molecule has 1 atom stereocenters. The first-order valence-electron chi connectivity index (χ1n) is 5.46. The molecule has 0 aromatic rings. The molecule has 1 aliphatic rings. The Bertz CT molecular complexity index is 208. The highest BCUT2D eigenvalue weighted by atomic mass is 14.1. The third-order valence-corrected chi connectivity index (χ3v) is 2.81. The second-order valence-corrected chi connectivity index (χ2v) is 4.06. The minimum atomic E-state index is 0.654. The zero-order valence-electron chi connectivity index (χ0n) is 9.14. The van der Waals surface area contributed by atoms with E-state index in [1.165, 1.54) is 36.8 Å². The Labute approximate surface area is 82.7 Å². The van der Waals surface area contributed by atoms with E-state index in [4.69, 9.17) is 0 Å². The molecular formula is C13H21. The molecule has 0 spiro atoms. The molecule has 0 fully saturated rings. The van der Waals surface area contributed by atoms with Crippen LogP contribution in [0.3, 0.4) is 0 Å². The summed E-state index contributed by atoms with van der Waals surface area (Å²) in [6, 6.07) is 0. The van der Waals surface area contributed by atoms with Crippen LogP contribution in [0.1, 0.15) is 46.5 Å². The number of allylic oxidation sites excluding steroid dienone is 4. The fourth-order valence-electron chi connectivity index (χ4n) is 1.64. The van der Waals surface area contributed by atoms with Gasteiger partial charge in [0.05, 0.1) is 0 Å². The number of rotatable bonds is 4. The fourth-order valence-corrected chi connectivity index (χ4v) is 1.64. The topological polar surface area (TPSA) is 0 Å². The minimum absolute atomic E-state index is 0.654. The van der Waals surface area contributed by atoms with Crippen molar-refractivity contribution >= 4 is 0 Å². The lowest BCUT2D eigenvalue weighted by atomic mass is 9.89. The second kappa shape index (κ2) is 5.26. The fraction of sp³-hybridized carbons (Fsp3) is 0.615. The summed E-state index contributed by atoms with van der Waals surface area (Å²) >= 11 is 0. The van der Waals surface area contributed by atoms with Gasteiger partial charge in [0.2, 0.25) is 0 Å². The van der Waals surface area contributed by atoms with E-state index in [9.17, 15) is 0 Å². The summed E-state index contributed by atoms with van der Waals surface area (Å²) in [5, 5.41) is 0. The molecule has 0 aliphatic heterocycles. The Morgan fingerprint density at radius 1 is 1.31 bits per heavy atom. The maximum atomic E-state index is 2.41. The quantitative estimate of drug-likeness (QED) is 0.562. The van der Waals surface area contributed by atoms with Crippen molar-refractivity contribution in [1.82, 2.24) is 0 Å². The summed E-state index contributed by atoms with van der Waals surface area (Å²) in [7, 11) is 0. The molecule has 0 amide bonds. The van der Waals surface area contributed by atoms with Crippen LogP contribution in [0.15, 0.2) is 23.3 Å². The van der Waals surface area contributed by atoms with E-state index in [1.54, 1.807) is 0 Å². The van der Waals surface area contributed by atoms with Gasteiger partial charge in [-0.3, -0.25) is 0 Å². The smallest absolute Gasteiger partial charge is 0.00801 e. The molecule has 0 aromatic heterocycles. The molecule has 0 bridgehead atoms. The first-order valence-corrected chi connectivity index (χ1v) is 5.46. The molecule has 73 valence electrons. The van der Waals surface area contributed by atoms with E-state index >= 15 is 0 Å². The van der Waals surface area contributed by atoms with E-state index in [2.05, 4.69) is 39.3 Å². The van der Waals surface area contributed by atoms with Crippen LogP contribution in [0.5, 0.6) is 0 Å². The van der Waals surface area contributed by atoms with E-state index < -0.39 is 0 Å². The lowest BCUT2D eigenvalue weighted by molar-refractivity contribution is 0.706. The van der Waals surface area contributed by atoms with Crippen LogP contribution in [0.2, 0.25) is 0 Å². The van der Waals surface area contributed by atoms with Crippen molar-refractivity contribution in [3.05, 3.63) is 29.7 Å². The normalized spacial score (nSPS) is 22.5. The van der Waals surface area contributed by atoms with Gasteiger partial charge in [-0.2, -0.15) is 0 Å². The van der Waals surface area contributed by atoms with Gasteiger partial charge in [-0.15, -0.1) is 0 Å². The van der Waals surface area contributed by atoms with E-state index in [0.717, 1.165) is 0 Å². The highest BCUT2D eigenvalue weighted by Gasteiger charge is 2.08.